The zero-order chi connectivity index (χ0) is 34.0. The summed E-state index contributed by atoms with van der Waals surface area (Å²) in [6.07, 6.45) is 16.7. The lowest BCUT2D eigenvalue weighted by molar-refractivity contribution is 0.457. The largest absolute Gasteiger partial charge is 0.505 e. The molecule has 8 heteroatoms. The number of hydrogen-bond donors (Lipinski definition) is 2. The molecule has 0 spiro atoms. The van der Waals surface area contributed by atoms with E-state index in [4.69, 9.17) is 0 Å². The number of hydrogen-bond acceptors (Lipinski definition) is 6. The minimum absolute atomic E-state index is 0.149. The topological polar surface area (TPSA) is 102 Å². The smallest absolute Gasteiger partial charge is 0.144 e. The number of fused-ring (bicyclic) bond motifs is 2. The predicted octanol–water partition coefficient (Wildman–Crippen LogP) is 9.96. The summed E-state index contributed by atoms with van der Waals surface area (Å²) < 4.78 is 3.47. The highest BCUT2D eigenvalue weighted by Crippen LogP contribution is 2.37. The molecule has 0 aliphatic heterocycles. The summed E-state index contributed by atoms with van der Waals surface area (Å²) in [7, 11) is 0. The molecule has 8 nitrogen and oxygen atoms in total. The van der Waals surface area contributed by atoms with Crippen molar-refractivity contribution in [2.75, 3.05) is 0 Å². The van der Waals surface area contributed by atoms with E-state index in [0.717, 1.165) is 70.0 Å². The van der Waals surface area contributed by atoms with Crippen LogP contribution in [0.2, 0.25) is 0 Å². The van der Waals surface area contributed by atoms with Gasteiger partial charge in [-0.2, -0.15) is 0 Å². The normalized spacial score (nSPS) is 11.6. The Bertz CT molecular complexity index is 1830. The van der Waals surface area contributed by atoms with Gasteiger partial charge in [-0.25, -0.2) is 9.36 Å². The highest BCUT2D eigenvalue weighted by atomic mass is 16.3. The summed E-state index contributed by atoms with van der Waals surface area (Å²) in [6.45, 7) is 4.49. The molecule has 2 heterocycles. The van der Waals surface area contributed by atoms with Crippen LogP contribution >= 0.6 is 0 Å². The average molecular weight is 659 g/mol. The number of unbranched alkanes of at least 4 members (excludes halogenated alkanes) is 10. The van der Waals surface area contributed by atoms with Gasteiger partial charge in [-0.1, -0.05) is 125 Å². The van der Waals surface area contributed by atoms with E-state index in [0.29, 0.717) is 17.8 Å². The molecule has 0 bridgehead atoms. The molecule has 6 rings (SSSR count). The molecule has 4 aromatic carbocycles. The lowest BCUT2D eigenvalue weighted by atomic mass is 9.94. The van der Waals surface area contributed by atoms with E-state index in [1.165, 1.54) is 64.2 Å². The molecule has 0 saturated heterocycles. The fraction of sp³-hybridized carbons (Fsp3) is 0.415. The maximum Gasteiger partial charge on any atom is 0.144 e. The second kappa shape index (κ2) is 16.6. The predicted molar refractivity (Wildman–Crippen MR) is 198 cm³/mol. The maximum absolute atomic E-state index is 11.9. The Kier molecular flexibility index (Phi) is 11.6. The zero-order valence-electron chi connectivity index (χ0n) is 29.1. The Hall–Kier alpha value is -4.72. The molecule has 49 heavy (non-hydrogen) atoms. The van der Waals surface area contributed by atoms with Gasteiger partial charge in [0.2, 0.25) is 0 Å². The van der Waals surface area contributed by atoms with Gasteiger partial charge in [0.15, 0.2) is 0 Å². The summed E-state index contributed by atoms with van der Waals surface area (Å²) in [6, 6.07) is 23.9. The summed E-state index contributed by atoms with van der Waals surface area (Å²) in [4.78, 5) is 0. The van der Waals surface area contributed by atoms with Crippen LogP contribution in [0.15, 0.2) is 72.8 Å². The third kappa shape index (κ3) is 8.12. The highest BCUT2D eigenvalue weighted by Gasteiger charge is 2.20. The fourth-order valence-electron chi connectivity index (χ4n) is 6.88. The molecular formula is C41H50N6O2. The molecule has 0 atom stereocenters. The van der Waals surface area contributed by atoms with Crippen molar-refractivity contribution >= 4 is 22.1 Å². The summed E-state index contributed by atoms with van der Waals surface area (Å²) in [5.41, 5.74) is 8.22. The van der Waals surface area contributed by atoms with E-state index in [1.807, 2.05) is 60.7 Å². The third-order valence-electron chi connectivity index (χ3n) is 9.64. The Morgan fingerprint density at radius 2 is 0.918 bits per heavy atom. The molecule has 2 N–H and O–H groups in total. The fourth-order valence-corrected chi connectivity index (χ4v) is 6.88. The van der Waals surface area contributed by atoms with Crippen LogP contribution in [0.4, 0.5) is 0 Å². The Balaban J connectivity index is 1.37. The van der Waals surface area contributed by atoms with Crippen LogP contribution in [0.25, 0.3) is 33.4 Å². The van der Waals surface area contributed by atoms with Crippen molar-refractivity contribution in [2.24, 2.45) is 0 Å². The number of phenolic OH excluding ortho intramolecular Hbond substituents is 2. The number of aryl methyl sites for hydroxylation is 2. The first-order valence-electron chi connectivity index (χ1n) is 18.4. The summed E-state index contributed by atoms with van der Waals surface area (Å²) >= 11 is 0. The molecule has 0 fully saturated rings. The molecule has 0 aliphatic carbocycles. The van der Waals surface area contributed by atoms with Crippen molar-refractivity contribution in [3.8, 4) is 22.9 Å². The van der Waals surface area contributed by atoms with E-state index in [1.54, 1.807) is 9.36 Å². The van der Waals surface area contributed by atoms with Crippen LogP contribution in [-0.4, -0.2) is 40.2 Å². The van der Waals surface area contributed by atoms with Crippen LogP contribution in [-0.2, 0) is 19.3 Å². The van der Waals surface area contributed by atoms with Gasteiger partial charge in [0.05, 0.1) is 11.0 Å². The van der Waals surface area contributed by atoms with Crippen molar-refractivity contribution in [3.63, 3.8) is 0 Å². The number of phenols is 2. The number of rotatable bonds is 18. The second-order valence-corrected chi connectivity index (χ2v) is 13.4. The van der Waals surface area contributed by atoms with E-state index in [2.05, 4.69) is 46.6 Å². The monoisotopic (exact) mass is 658 g/mol. The molecular weight excluding hydrogens is 608 g/mol. The van der Waals surface area contributed by atoms with E-state index < -0.39 is 0 Å². The molecule has 256 valence electrons. The maximum atomic E-state index is 11.9. The quantitative estimate of drug-likeness (QED) is 0.0892. The minimum Gasteiger partial charge on any atom is -0.505 e. The first-order chi connectivity index (χ1) is 24.1. The SMILES string of the molecule is CCCCCCCCc1cc(Cc2cc(CCCCCCCC)cc(-n3nnc4ccccc43)c2O)c(O)c(-n2nnc3ccccc32)c1. The van der Waals surface area contributed by atoms with Crippen molar-refractivity contribution < 1.29 is 10.2 Å². The van der Waals surface area contributed by atoms with Crippen LogP contribution in [0, 0.1) is 0 Å². The van der Waals surface area contributed by atoms with Gasteiger partial charge in [-0.3, -0.25) is 0 Å². The molecule has 0 saturated carbocycles. The Morgan fingerprint density at radius 1 is 0.510 bits per heavy atom. The van der Waals surface area contributed by atoms with Crippen LogP contribution in [0.1, 0.15) is 113 Å². The summed E-state index contributed by atoms with van der Waals surface area (Å²) in [5.74, 6) is 0.298. The number of para-hydroxylation sites is 2. The van der Waals surface area contributed by atoms with Gasteiger partial charge < -0.3 is 10.2 Å². The second-order valence-electron chi connectivity index (χ2n) is 13.4. The number of benzene rings is 4. The lowest BCUT2D eigenvalue weighted by Gasteiger charge is -2.17. The number of aromatic hydroxyl groups is 2. The standard InChI is InChI=1S/C41H50N6O2/c1-3-5-7-9-11-13-19-30-25-32(40(48)38(27-30)46-36-23-17-15-21-34(36)42-44-46)29-33-26-31(20-14-12-10-8-6-4-2)28-39(41(33)49)47-37-24-18-16-22-35(37)43-45-47/h15-18,21-28,48-49H,3-14,19-20,29H2,1-2H3. The van der Waals surface area contributed by atoms with Crippen molar-refractivity contribution in [1.29, 1.82) is 0 Å². The highest BCUT2D eigenvalue weighted by molar-refractivity contribution is 5.78. The van der Waals surface area contributed by atoms with Crippen molar-refractivity contribution in [3.05, 3.63) is 95.1 Å². The molecule has 0 unspecified atom stereocenters. The van der Waals surface area contributed by atoms with Gasteiger partial charge in [-0.05, 0) is 73.2 Å². The van der Waals surface area contributed by atoms with Crippen molar-refractivity contribution in [2.45, 2.75) is 110 Å². The summed E-state index contributed by atoms with van der Waals surface area (Å²) in [5, 5.41) is 41.4. The zero-order valence-corrected chi connectivity index (χ0v) is 29.1. The van der Waals surface area contributed by atoms with E-state index in [-0.39, 0.29) is 11.5 Å². The number of aromatic nitrogens is 6. The molecule has 0 aliphatic rings. The van der Waals surface area contributed by atoms with Crippen LogP contribution in [0.3, 0.4) is 0 Å². The van der Waals surface area contributed by atoms with Crippen molar-refractivity contribution in [1.82, 2.24) is 30.0 Å². The van der Waals surface area contributed by atoms with E-state index >= 15 is 0 Å². The molecule has 0 amide bonds. The average Bonchev–Trinajstić information content (AvgIpc) is 3.75. The molecule has 6 aromatic rings. The third-order valence-corrected chi connectivity index (χ3v) is 9.64. The molecule has 0 radical (unpaired) electrons. The van der Waals surface area contributed by atoms with Gasteiger partial charge in [0.25, 0.3) is 0 Å². The Labute approximate surface area is 289 Å². The van der Waals surface area contributed by atoms with Crippen LogP contribution < -0.4 is 0 Å². The minimum atomic E-state index is 0.149. The first kappa shape index (κ1) is 34.2. The Morgan fingerprint density at radius 3 is 1.37 bits per heavy atom. The van der Waals surface area contributed by atoms with Gasteiger partial charge >= 0.3 is 0 Å². The van der Waals surface area contributed by atoms with Gasteiger partial charge in [-0.15, -0.1) is 10.2 Å². The first-order valence-corrected chi connectivity index (χ1v) is 18.4. The molecule has 2 aromatic heterocycles. The van der Waals surface area contributed by atoms with Crippen LogP contribution in [0.5, 0.6) is 11.5 Å². The van der Waals surface area contributed by atoms with Gasteiger partial charge in [0.1, 0.15) is 33.9 Å². The lowest BCUT2D eigenvalue weighted by Crippen LogP contribution is -2.05. The van der Waals surface area contributed by atoms with Gasteiger partial charge in [0, 0.05) is 17.5 Å². The number of nitrogens with zero attached hydrogens (tertiary/aromatic N) is 6. The van der Waals surface area contributed by atoms with E-state index in [9.17, 15) is 10.2 Å².